The molecule has 0 radical (unpaired) electrons. The number of sulfonamides is 1. The second kappa shape index (κ2) is 9.58. The van der Waals surface area contributed by atoms with E-state index in [2.05, 4.69) is 14.8 Å². The normalized spacial score (nSPS) is 12.2. The van der Waals surface area contributed by atoms with Crippen molar-refractivity contribution >= 4 is 40.0 Å². The maximum Gasteiger partial charge on any atom is 0.320 e. The Kier molecular flexibility index (Phi) is 8.91. The van der Waals surface area contributed by atoms with Crippen molar-refractivity contribution in [3.63, 3.8) is 0 Å². The quantitative estimate of drug-likeness (QED) is 0.591. The highest BCUT2D eigenvalue weighted by molar-refractivity contribution is 7.89. The lowest BCUT2D eigenvalue weighted by Crippen LogP contribution is -2.39. The Hall–Kier alpha value is -1.68. The van der Waals surface area contributed by atoms with E-state index in [0.29, 0.717) is 5.69 Å². The smallest absolute Gasteiger partial charge is 0.320 e. The molecule has 0 aliphatic rings. The van der Waals surface area contributed by atoms with Gasteiger partial charge in [-0.2, -0.15) is 4.72 Å². The van der Waals surface area contributed by atoms with Crippen LogP contribution in [0.5, 0.6) is 0 Å². The summed E-state index contributed by atoms with van der Waals surface area (Å²) in [4.78, 5) is 22.8. The number of methoxy groups -OCH3 is 1. The summed E-state index contributed by atoms with van der Waals surface area (Å²) in [6.45, 7) is 3.14. The molecule has 0 heterocycles. The first-order valence-electron chi connectivity index (χ1n) is 6.90. The third-order valence-corrected chi connectivity index (χ3v) is 4.47. The molecule has 0 spiro atoms. The molecule has 1 atom stereocenters. The van der Waals surface area contributed by atoms with E-state index >= 15 is 0 Å². The first-order chi connectivity index (χ1) is 10.7. The van der Waals surface area contributed by atoms with Gasteiger partial charge in [0.15, 0.2) is 0 Å². The van der Waals surface area contributed by atoms with Crippen molar-refractivity contribution in [2.75, 3.05) is 19.0 Å². The molecular weight excluding hydrogens is 358 g/mol. The third kappa shape index (κ3) is 6.44. The van der Waals surface area contributed by atoms with Crippen LogP contribution in [0.2, 0.25) is 0 Å². The molecule has 1 rings (SSSR count). The Morgan fingerprint density at radius 2 is 1.92 bits per heavy atom. The number of rotatable bonds is 7. The van der Waals surface area contributed by atoms with Crippen LogP contribution < -0.4 is 15.8 Å². The molecule has 0 bridgehead atoms. The Morgan fingerprint density at radius 3 is 2.46 bits per heavy atom. The number of nitrogens with two attached hydrogens (primary N) is 1. The van der Waals surface area contributed by atoms with Gasteiger partial charge in [0.1, 0.15) is 6.54 Å². The number of nitrogens with one attached hydrogen (secondary N) is 2. The fraction of sp³-hybridized carbons (Fsp3) is 0.429. The molecule has 0 aliphatic heterocycles. The zero-order valence-corrected chi connectivity index (χ0v) is 15.2. The molecule has 1 amide bonds. The number of ether oxygens (including phenoxy) is 1. The highest BCUT2D eigenvalue weighted by Crippen LogP contribution is 2.16. The number of halogens is 1. The Labute approximate surface area is 147 Å². The molecule has 0 saturated heterocycles. The van der Waals surface area contributed by atoms with Crippen LogP contribution in [0, 0.1) is 5.92 Å². The van der Waals surface area contributed by atoms with Gasteiger partial charge in [-0.05, 0) is 24.1 Å². The lowest BCUT2D eigenvalue weighted by Gasteiger charge is -2.15. The van der Waals surface area contributed by atoms with Gasteiger partial charge in [-0.25, -0.2) is 8.42 Å². The molecule has 0 aromatic heterocycles. The predicted molar refractivity (Wildman–Crippen MR) is 92.3 cm³/mol. The monoisotopic (exact) mass is 379 g/mol. The van der Waals surface area contributed by atoms with E-state index in [9.17, 15) is 18.0 Å². The van der Waals surface area contributed by atoms with Crippen LogP contribution in [-0.4, -0.2) is 40.0 Å². The lowest BCUT2D eigenvalue weighted by molar-refractivity contribution is -0.139. The number of hydrogen-bond donors (Lipinski definition) is 3. The summed E-state index contributed by atoms with van der Waals surface area (Å²) >= 11 is 0. The largest absolute Gasteiger partial charge is 0.468 e. The van der Waals surface area contributed by atoms with Gasteiger partial charge in [-0.3, -0.25) is 9.59 Å². The number of esters is 1. The van der Waals surface area contributed by atoms with E-state index < -0.39 is 34.5 Å². The van der Waals surface area contributed by atoms with Crippen molar-refractivity contribution in [3.8, 4) is 0 Å². The third-order valence-electron chi connectivity index (χ3n) is 3.07. The summed E-state index contributed by atoms with van der Waals surface area (Å²) < 4.78 is 30.6. The minimum atomic E-state index is -3.89. The first-order valence-corrected chi connectivity index (χ1v) is 8.38. The maximum absolute atomic E-state index is 12.1. The summed E-state index contributed by atoms with van der Waals surface area (Å²) in [6, 6.07) is 4.95. The van der Waals surface area contributed by atoms with E-state index in [1.165, 1.54) is 18.2 Å². The minimum absolute atomic E-state index is 0. The molecule has 0 saturated carbocycles. The SMILES string of the molecule is COC(=O)CNS(=O)(=O)c1cccc(NC(=O)[C@@H](N)C(C)C)c1.Cl. The molecule has 24 heavy (non-hydrogen) atoms. The number of hydrogen-bond acceptors (Lipinski definition) is 6. The fourth-order valence-electron chi connectivity index (χ4n) is 1.58. The van der Waals surface area contributed by atoms with E-state index in [0.717, 1.165) is 7.11 Å². The summed E-state index contributed by atoms with van der Waals surface area (Å²) in [5.74, 6) is -1.17. The standard InChI is InChI=1S/C14H21N3O5S.ClH/c1-9(2)13(15)14(19)17-10-5-4-6-11(7-10)23(20,21)16-8-12(18)22-3;/h4-7,9,13,16H,8,15H2,1-3H3,(H,17,19);1H/t13-;/m0./s1. The second-order valence-corrected chi connectivity index (χ2v) is 6.95. The van der Waals surface area contributed by atoms with Crippen molar-refractivity contribution in [2.45, 2.75) is 24.8 Å². The molecule has 0 aliphatic carbocycles. The van der Waals surface area contributed by atoms with Gasteiger partial charge in [0, 0.05) is 5.69 Å². The number of carbonyl (C=O) groups excluding carboxylic acids is 2. The van der Waals surface area contributed by atoms with Crippen molar-refractivity contribution in [1.29, 1.82) is 0 Å². The molecule has 10 heteroatoms. The van der Waals surface area contributed by atoms with Gasteiger partial charge in [0.2, 0.25) is 15.9 Å². The highest BCUT2D eigenvalue weighted by atomic mass is 35.5. The van der Waals surface area contributed by atoms with E-state index in [-0.39, 0.29) is 23.2 Å². The topological polar surface area (TPSA) is 128 Å². The van der Waals surface area contributed by atoms with Gasteiger partial charge in [-0.1, -0.05) is 19.9 Å². The van der Waals surface area contributed by atoms with Gasteiger partial charge < -0.3 is 15.8 Å². The van der Waals surface area contributed by atoms with Gasteiger partial charge in [0.25, 0.3) is 0 Å². The maximum atomic E-state index is 12.1. The molecular formula is C14H22ClN3O5S. The molecule has 0 unspecified atom stereocenters. The van der Waals surface area contributed by atoms with E-state index in [1.807, 2.05) is 13.8 Å². The molecule has 4 N–H and O–H groups in total. The summed E-state index contributed by atoms with van der Waals surface area (Å²) in [5, 5.41) is 2.56. The van der Waals surface area contributed by atoms with Crippen LogP contribution in [0.15, 0.2) is 29.2 Å². The van der Waals surface area contributed by atoms with Gasteiger partial charge in [0.05, 0.1) is 18.0 Å². The first kappa shape index (κ1) is 22.3. The number of benzene rings is 1. The Morgan fingerprint density at radius 1 is 1.29 bits per heavy atom. The van der Waals surface area contributed by atoms with Crippen molar-refractivity contribution < 1.29 is 22.7 Å². The van der Waals surface area contributed by atoms with Crippen LogP contribution in [0.3, 0.4) is 0 Å². The summed E-state index contributed by atoms with van der Waals surface area (Å²) in [5.41, 5.74) is 6.03. The summed E-state index contributed by atoms with van der Waals surface area (Å²) in [6.07, 6.45) is 0. The molecule has 1 aromatic carbocycles. The highest BCUT2D eigenvalue weighted by Gasteiger charge is 2.19. The molecule has 1 aromatic rings. The van der Waals surface area contributed by atoms with Crippen LogP contribution in [-0.2, 0) is 24.3 Å². The molecule has 136 valence electrons. The zero-order valence-electron chi connectivity index (χ0n) is 13.6. The van der Waals surface area contributed by atoms with Crippen molar-refractivity contribution in [3.05, 3.63) is 24.3 Å². The average Bonchev–Trinajstić information content (AvgIpc) is 2.51. The number of amides is 1. The fourth-order valence-corrected chi connectivity index (χ4v) is 2.59. The lowest BCUT2D eigenvalue weighted by atomic mass is 10.1. The minimum Gasteiger partial charge on any atom is -0.468 e. The van der Waals surface area contributed by atoms with E-state index in [1.54, 1.807) is 6.07 Å². The molecule has 8 nitrogen and oxygen atoms in total. The van der Waals surface area contributed by atoms with Gasteiger partial charge >= 0.3 is 5.97 Å². The van der Waals surface area contributed by atoms with Crippen LogP contribution in [0.1, 0.15) is 13.8 Å². The van der Waals surface area contributed by atoms with Crippen molar-refractivity contribution in [2.24, 2.45) is 11.7 Å². The Bertz CT molecular complexity index is 679. The average molecular weight is 380 g/mol. The van der Waals surface area contributed by atoms with Crippen molar-refractivity contribution in [1.82, 2.24) is 4.72 Å². The van der Waals surface area contributed by atoms with Gasteiger partial charge in [-0.15, -0.1) is 12.4 Å². The van der Waals surface area contributed by atoms with E-state index in [4.69, 9.17) is 5.73 Å². The Balaban J connectivity index is 0.00000529. The second-order valence-electron chi connectivity index (χ2n) is 5.19. The summed E-state index contributed by atoms with van der Waals surface area (Å²) in [7, 11) is -2.74. The van der Waals surface area contributed by atoms with Crippen LogP contribution >= 0.6 is 12.4 Å². The van der Waals surface area contributed by atoms with Crippen LogP contribution in [0.25, 0.3) is 0 Å². The van der Waals surface area contributed by atoms with Crippen LogP contribution in [0.4, 0.5) is 5.69 Å². The number of anilines is 1. The number of carbonyl (C=O) groups is 2. The molecule has 0 fully saturated rings. The predicted octanol–water partition coefficient (Wildman–Crippen LogP) is 0.482. The zero-order chi connectivity index (χ0) is 17.6.